The number of hydrogen-bond acceptors (Lipinski definition) is 7. The number of nitrogens with one attached hydrogen (secondary N) is 1. The lowest BCUT2D eigenvalue weighted by Gasteiger charge is -2.26. The quantitative estimate of drug-likeness (QED) is 0.540. The second-order valence-corrected chi connectivity index (χ2v) is 11.7. The van der Waals surface area contributed by atoms with E-state index in [0.29, 0.717) is 32.0 Å². The van der Waals surface area contributed by atoms with Gasteiger partial charge in [0, 0.05) is 25.3 Å². The third-order valence-corrected chi connectivity index (χ3v) is 9.59. The number of morpholine rings is 1. The Bertz CT molecular complexity index is 1110. The van der Waals surface area contributed by atoms with Crippen molar-refractivity contribution in [2.24, 2.45) is 0 Å². The van der Waals surface area contributed by atoms with Crippen molar-refractivity contribution in [2.45, 2.75) is 9.10 Å². The summed E-state index contributed by atoms with van der Waals surface area (Å²) < 4.78 is 58.4. The lowest BCUT2D eigenvalue weighted by molar-refractivity contribution is -0.116. The summed E-state index contributed by atoms with van der Waals surface area (Å²) in [7, 11) is -7.46. The summed E-state index contributed by atoms with van der Waals surface area (Å²) >= 11 is 1.07. The Morgan fingerprint density at radius 3 is 2.42 bits per heavy atom. The van der Waals surface area contributed by atoms with E-state index in [-0.39, 0.29) is 15.6 Å². The average molecular weight is 486 g/mol. The highest BCUT2D eigenvalue weighted by atomic mass is 32.2. The van der Waals surface area contributed by atoms with Crippen LogP contribution in [-0.2, 0) is 29.6 Å². The van der Waals surface area contributed by atoms with Crippen molar-refractivity contribution in [1.29, 1.82) is 0 Å². The van der Waals surface area contributed by atoms with Crippen LogP contribution in [0.4, 0.5) is 5.69 Å². The van der Waals surface area contributed by atoms with Gasteiger partial charge in [-0.1, -0.05) is 12.1 Å². The summed E-state index contributed by atoms with van der Waals surface area (Å²) in [4.78, 5) is 12.6. The monoisotopic (exact) mass is 485 g/mol. The van der Waals surface area contributed by atoms with Crippen LogP contribution in [0.3, 0.4) is 0 Å². The maximum absolute atomic E-state index is 12.7. The predicted octanol–water partition coefficient (Wildman–Crippen LogP) is 1.58. The molecule has 12 heteroatoms. The molecule has 1 aromatic carbocycles. The van der Waals surface area contributed by atoms with Crippen molar-refractivity contribution in [3.8, 4) is 0 Å². The Labute approximate surface area is 186 Å². The molecule has 2 aromatic rings. The second-order valence-electron chi connectivity index (χ2n) is 6.61. The molecular weight excluding hydrogens is 462 g/mol. The average Bonchev–Trinajstić information content (AvgIpc) is 3.30. The molecule has 2 heterocycles. The summed E-state index contributed by atoms with van der Waals surface area (Å²) in [5, 5.41) is 4.25. The fraction of sp³-hybridized carbons (Fsp3) is 0.316. The molecule has 0 radical (unpaired) electrons. The van der Waals surface area contributed by atoms with E-state index in [1.807, 2.05) is 0 Å². The molecule has 0 bridgehead atoms. The van der Waals surface area contributed by atoms with Gasteiger partial charge in [-0.05, 0) is 35.7 Å². The second kappa shape index (κ2) is 10.0. The van der Waals surface area contributed by atoms with Gasteiger partial charge in [0.25, 0.3) is 10.0 Å². The molecule has 0 aliphatic carbocycles. The Balaban J connectivity index is 1.67. The van der Waals surface area contributed by atoms with Crippen molar-refractivity contribution >= 4 is 43.0 Å². The number of anilines is 1. The molecule has 1 N–H and O–H groups in total. The standard InChI is InChI=1S/C19H23N3O6S3/c1-2-9-22(31(26,27)19-4-3-14-29-19)15-18(23)20-16-5-7-17(8-6-16)30(24,25)21-10-12-28-13-11-21/h2-8,14H,1,9-13,15H2,(H,20,23). The number of sulfonamides is 2. The zero-order chi connectivity index (χ0) is 22.5. The van der Waals surface area contributed by atoms with E-state index in [4.69, 9.17) is 4.74 Å². The van der Waals surface area contributed by atoms with Crippen LogP contribution in [0.25, 0.3) is 0 Å². The first-order valence-corrected chi connectivity index (χ1v) is 13.1. The summed E-state index contributed by atoms with van der Waals surface area (Å²) in [5.74, 6) is -0.550. The normalized spacial score (nSPS) is 15.6. The molecule has 1 saturated heterocycles. The van der Waals surface area contributed by atoms with Gasteiger partial charge in [0.15, 0.2) is 0 Å². The van der Waals surface area contributed by atoms with Crippen LogP contribution < -0.4 is 5.32 Å². The number of hydrogen-bond donors (Lipinski definition) is 1. The molecule has 168 valence electrons. The van der Waals surface area contributed by atoms with Crippen molar-refractivity contribution in [3.05, 3.63) is 54.4 Å². The third kappa shape index (κ3) is 5.59. The van der Waals surface area contributed by atoms with Gasteiger partial charge in [-0.2, -0.15) is 8.61 Å². The van der Waals surface area contributed by atoms with Crippen LogP contribution >= 0.6 is 11.3 Å². The zero-order valence-corrected chi connectivity index (χ0v) is 19.1. The number of benzene rings is 1. The molecule has 1 aliphatic heterocycles. The molecule has 0 unspecified atom stereocenters. The summed E-state index contributed by atoms with van der Waals surface area (Å²) in [6.45, 7) is 4.41. The molecule has 1 aromatic heterocycles. The Hall–Kier alpha value is -2.09. The Kier molecular flexibility index (Phi) is 7.62. The van der Waals surface area contributed by atoms with E-state index >= 15 is 0 Å². The molecule has 0 saturated carbocycles. The SMILES string of the molecule is C=CCN(CC(=O)Nc1ccc(S(=O)(=O)N2CCOCC2)cc1)S(=O)(=O)c1cccs1. The predicted molar refractivity (Wildman–Crippen MR) is 118 cm³/mol. The van der Waals surface area contributed by atoms with E-state index in [1.54, 1.807) is 11.4 Å². The first kappa shape index (κ1) is 23.6. The largest absolute Gasteiger partial charge is 0.379 e. The van der Waals surface area contributed by atoms with Crippen LogP contribution in [0.5, 0.6) is 0 Å². The third-order valence-electron chi connectivity index (χ3n) is 4.49. The maximum Gasteiger partial charge on any atom is 0.253 e. The first-order chi connectivity index (χ1) is 14.7. The number of rotatable bonds is 9. The highest BCUT2D eigenvalue weighted by Crippen LogP contribution is 2.22. The fourth-order valence-corrected chi connectivity index (χ4v) is 6.86. The molecule has 0 atom stereocenters. The molecule has 31 heavy (non-hydrogen) atoms. The van der Waals surface area contributed by atoms with Gasteiger partial charge < -0.3 is 10.1 Å². The molecule has 0 spiro atoms. The minimum absolute atomic E-state index is 0.0234. The summed E-state index contributed by atoms with van der Waals surface area (Å²) in [5.41, 5.74) is 0.359. The van der Waals surface area contributed by atoms with Gasteiger partial charge in [-0.25, -0.2) is 16.8 Å². The summed E-state index contributed by atoms with van der Waals surface area (Å²) in [6, 6.07) is 8.85. The lowest BCUT2D eigenvalue weighted by Crippen LogP contribution is -2.40. The first-order valence-electron chi connectivity index (χ1n) is 9.37. The Morgan fingerprint density at radius 1 is 1.16 bits per heavy atom. The van der Waals surface area contributed by atoms with Crippen LogP contribution in [0, 0.1) is 0 Å². The topological polar surface area (TPSA) is 113 Å². The van der Waals surface area contributed by atoms with E-state index in [1.165, 1.54) is 40.7 Å². The van der Waals surface area contributed by atoms with Crippen molar-refractivity contribution in [1.82, 2.24) is 8.61 Å². The van der Waals surface area contributed by atoms with Gasteiger partial charge in [-0.15, -0.1) is 17.9 Å². The molecule has 9 nitrogen and oxygen atoms in total. The smallest absolute Gasteiger partial charge is 0.253 e. The van der Waals surface area contributed by atoms with Gasteiger partial charge in [0.05, 0.1) is 24.7 Å². The van der Waals surface area contributed by atoms with Crippen LogP contribution in [0.15, 0.2) is 63.5 Å². The molecular formula is C19H23N3O6S3. The van der Waals surface area contributed by atoms with Gasteiger partial charge >= 0.3 is 0 Å². The number of thiophene rings is 1. The van der Waals surface area contributed by atoms with Crippen LogP contribution in [0.1, 0.15) is 0 Å². The molecule has 1 amide bonds. The van der Waals surface area contributed by atoms with Crippen molar-refractivity contribution in [3.63, 3.8) is 0 Å². The fourth-order valence-electron chi connectivity index (χ4n) is 2.94. The van der Waals surface area contributed by atoms with E-state index in [9.17, 15) is 21.6 Å². The minimum atomic E-state index is -3.82. The molecule has 1 fully saturated rings. The van der Waals surface area contributed by atoms with Crippen molar-refractivity contribution < 1.29 is 26.4 Å². The lowest BCUT2D eigenvalue weighted by atomic mass is 10.3. The van der Waals surface area contributed by atoms with E-state index in [0.717, 1.165) is 15.6 Å². The van der Waals surface area contributed by atoms with Gasteiger partial charge in [0.1, 0.15) is 4.21 Å². The zero-order valence-electron chi connectivity index (χ0n) is 16.6. The number of carbonyl (C=O) groups is 1. The Morgan fingerprint density at radius 2 is 1.84 bits per heavy atom. The molecule has 3 rings (SSSR count). The number of ether oxygens (including phenoxy) is 1. The van der Waals surface area contributed by atoms with Gasteiger partial charge in [-0.3, -0.25) is 4.79 Å². The van der Waals surface area contributed by atoms with E-state index < -0.39 is 32.5 Å². The van der Waals surface area contributed by atoms with Crippen LogP contribution in [-0.4, -0.2) is 70.7 Å². The highest BCUT2D eigenvalue weighted by Gasteiger charge is 2.28. The minimum Gasteiger partial charge on any atom is -0.379 e. The molecule has 1 aliphatic rings. The number of amides is 1. The number of carbonyl (C=O) groups excluding carboxylic acids is 1. The number of nitrogens with zero attached hydrogens (tertiary/aromatic N) is 2. The summed E-state index contributed by atoms with van der Waals surface area (Å²) in [6.07, 6.45) is 1.41. The maximum atomic E-state index is 12.7. The van der Waals surface area contributed by atoms with Crippen LogP contribution in [0.2, 0.25) is 0 Å². The van der Waals surface area contributed by atoms with Crippen molar-refractivity contribution in [2.75, 3.05) is 44.7 Å². The highest BCUT2D eigenvalue weighted by molar-refractivity contribution is 7.91. The van der Waals surface area contributed by atoms with E-state index in [2.05, 4.69) is 11.9 Å². The van der Waals surface area contributed by atoms with Gasteiger partial charge in [0.2, 0.25) is 15.9 Å².